The molecule has 0 amide bonds. The van der Waals surface area contributed by atoms with Gasteiger partial charge in [-0.05, 0) is 43.7 Å². The molecule has 1 heterocycles. The van der Waals surface area contributed by atoms with Crippen molar-refractivity contribution in [3.05, 3.63) is 47.2 Å². The van der Waals surface area contributed by atoms with Crippen molar-refractivity contribution in [3.8, 4) is 29.4 Å². The molecule has 0 aliphatic carbocycles. The molecule has 4 nitrogen and oxygen atoms in total. The molecule has 112 valence electrons. The summed E-state index contributed by atoms with van der Waals surface area (Å²) < 4.78 is 10.4. The fourth-order valence-corrected chi connectivity index (χ4v) is 2.22. The average Bonchev–Trinajstić information content (AvgIpc) is 2.54. The van der Waals surface area contributed by atoms with Gasteiger partial charge < -0.3 is 9.47 Å². The van der Waals surface area contributed by atoms with Crippen LogP contribution in [0.2, 0.25) is 0 Å². The third-order valence-electron chi connectivity index (χ3n) is 3.16. The fraction of sp³-hybridized carbons (Fsp3) is 0.222. The minimum Gasteiger partial charge on any atom is -0.496 e. The molecular weight excluding hydrogens is 278 g/mol. The lowest BCUT2D eigenvalue weighted by molar-refractivity contribution is 0.0519. The fourth-order valence-electron chi connectivity index (χ4n) is 2.22. The van der Waals surface area contributed by atoms with Gasteiger partial charge in [-0.25, -0.2) is 9.78 Å². The number of nitrogens with zero attached hydrogens (tertiary/aromatic N) is 1. The highest BCUT2D eigenvalue weighted by Gasteiger charge is 2.14. The number of esters is 1. The SMILES string of the molecule is C#Cc1cc(C)c(OC)c(-c2cccc(C(=O)OCC)n2)c1. The summed E-state index contributed by atoms with van der Waals surface area (Å²) in [6.07, 6.45) is 5.49. The van der Waals surface area contributed by atoms with Crippen molar-refractivity contribution >= 4 is 5.97 Å². The van der Waals surface area contributed by atoms with Crippen molar-refractivity contribution in [2.24, 2.45) is 0 Å². The first kappa shape index (κ1) is 15.6. The summed E-state index contributed by atoms with van der Waals surface area (Å²) in [7, 11) is 1.59. The minimum absolute atomic E-state index is 0.255. The summed E-state index contributed by atoms with van der Waals surface area (Å²) in [5, 5.41) is 0. The summed E-state index contributed by atoms with van der Waals surface area (Å²) in [5.41, 5.74) is 3.27. The van der Waals surface area contributed by atoms with E-state index in [1.54, 1.807) is 32.2 Å². The van der Waals surface area contributed by atoms with Crippen LogP contribution in [-0.4, -0.2) is 24.7 Å². The average molecular weight is 295 g/mol. The molecule has 4 heteroatoms. The number of hydrogen-bond acceptors (Lipinski definition) is 4. The second kappa shape index (κ2) is 6.77. The van der Waals surface area contributed by atoms with E-state index in [2.05, 4.69) is 10.9 Å². The van der Waals surface area contributed by atoms with Gasteiger partial charge in [0.2, 0.25) is 0 Å². The second-order valence-corrected chi connectivity index (χ2v) is 4.65. The first-order valence-corrected chi connectivity index (χ1v) is 6.90. The second-order valence-electron chi connectivity index (χ2n) is 4.65. The van der Waals surface area contributed by atoms with Crippen LogP contribution in [0.5, 0.6) is 5.75 Å². The minimum atomic E-state index is -0.451. The standard InChI is InChI=1S/C18H17NO3/c1-5-13-10-12(3)17(21-4)14(11-13)15-8-7-9-16(19-15)18(20)22-6-2/h1,7-11H,6H2,2-4H3. The van der Waals surface area contributed by atoms with E-state index in [0.717, 1.165) is 16.7 Å². The Bertz CT molecular complexity index is 744. The quantitative estimate of drug-likeness (QED) is 0.642. The molecular formula is C18H17NO3. The molecule has 22 heavy (non-hydrogen) atoms. The van der Waals surface area contributed by atoms with Gasteiger partial charge in [0, 0.05) is 11.1 Å². The first-order chi connectivity index (χ1) is 10.6. The maximum atomic E-state index is 11.8. The van der Waals surface area contributed by atoms with Gasteiger partial charge in [0.25, 0.3) is 0 Å². The van der Waals surface area contributed by atoms with Gasteiger partial charge in [-0.2, -0.15) is 0 Å². The lowest BCUT2D eigenvalue weighted by Gasteiger charge is -2.12. The highest BCUT2D eigenvalue weighted by Crippen LogP contribution is 2.33. The number of aromatic nitrogens is 1. The molecule has 2 rings (SSSR count). The maximum absolute atomic E-state index is 11.8. The van der Waals surface area contributed by atoms with Crippen molar-refractivity contribution in [1.82, 2.24) is 4.98 Å². The highest BCUT2D eigenvalue weighted by atomic mass is 16.5. The van der Waals surface area contributed by atoms with Crippen LogP contribution < -0.4 is 4.74 Å². The number of ether oxygens (including phenoxy) is 2. The Kier molecular flexibility index (Phi) is 4.80. The monoisotopic (exact) mass is 295 g/mol. The molecule has 0 bridgehead atoms. The van der Waals surface area contributed by atoms with Gasteiger partial charge in [0.1, 0.15) is 11.4 Å². The summed E-state index contributed by atoms with van der Waals surface area (Å²) in [5.74, 6) is 2.85. The van der Waals surface area contributed by atoms with E-state index >= 15 is 0 Å². The molecule has 0 radical (unpaired) electrons. The molecule has 0 N–H and O–H groups in total. The Morgan fingerprint density at radius 3 is 2.77 bits per heavy atom. The van der Waals surface area contributed by atoms with E-state index in [4.69, 9.17) is 15.9 Å². The van der Waals surface area contributed by atoms with Crippen LogP contribution in [0.25, 0.3) is 11.3 Å². The third kappa shape index (κ3) is 3.09. The van der Waals surface area contributed by atoms with Crippen molar-refractivity contribution in [2.45, 2.75) is 13.8 Å². The predicted molar refractivity (Wildman–Crippen MR) is 84.9 cm³/mol. The van der Waals surface area contributed by atoms with E-state index in [1.165, 1.54) is 0 Å². The Morgan fingerprint density at radius 1 is 1.36 bits per heavy atom. The van der Waals surface area contributed by atoms with Gasteiger partial charge in [-0.1, -0.05) is 12.0 Å². The molecule has 0 saturated carbocycles. The largest absolute Gasteiger partial charge is 0.496 e. The lowest BCUT2D eigenvalue weighted by Crippen LogP contribution is -2.07. The highest BCUT2D eigenvalue weighted by molar-refractivity contribution is 5.88. The summed E-state index contributed by atoms with van der Waals surface area (Å²) in [6.45, 7) is 3.97. The zero-order chi connectivity index (χ0) is 16.1. The van der Waals surface area contributed by atoms with Crippen LogP contribution >= 0.6 is 0 Å². The third-order valence-corrected chi connectivity index (χ3v) is 3.16. The van der Waals surface area contributed by atoms with E-state index in [-0.39, 0.29) is 5.69 Å². The van der Waals surface area contributed by atoms with Crippen LogP contribution in [0, 0.1) is 19.3 Å². The number of carbonyl (C=O) groups excluding carboxylic acids is 1. The summed E-state index contributed by atoms with van der Waals surface area (Å²) in [4.78, 5) is 16.2. The van der Waals surface area contributed by atoms with Crippen LogP contribution in [-0.2, 0) is 4.74 Å². The van der Waals surface area contributed by atoms with Crippen LogP contribution in [0.4, 0.5) is 0 Å². The van der Waals surface area contributed by atoms with E-state index in [0.29, 0.717) is 18.1 Å². The van der Waals surface area contributed by atoms with Crippen LogP contribution in [0.1, 0.15) is 28.5 Å². The molecule has 1 aromatic heterocycles. The van der Waals surface area contributed by atoms with E-state index in [1.807, 2.05) is 19.1 Å². The lowest BCUT2D eigenvalue weighted by atomic mass is 10.0. The van der Waals surface area contributed by atoms with Crippen LogP contribution in [0.15, 0.2) is 30.3 Å². The number of methoxy groups -OCH3 is 1. The predicted octanol–water partition coefficient (Wildman–Crippen LogP) is 3.22. The molecule has 0 spiro atoms. The number of pyridine rings is 1. The maximum Gasteiger partial charge on any atom is 0.356 e. The number of rotatable bonds is 4. The molecule has 0 atom stereocenters. The Labute approximate surface area is 130 Å². The Morgan fingerprint density at radius 2 is 2.14 bits per heavy atom. The molecule has 0 unspecified atom stereocenters. The molecule has 0 aliphatic heterocycles. The topological polar surface area (TPSA) is 48.4 Å². The molecule has 0 fully saturated rings. The van der Waals surface area contributed by atoms with Gasteiger partial charge in [0.15, 0.2) is 0 Å². The number of carbonyl (C=O) groups is 1. The van der Waals surface area contributed by atoms with Crippen molar-refractivity contribution in [1.29, 1.82) is 0 Å². The molecule has 2 aromatic rings. The first-order valence-electron chi connectivity index (χ1n) is 6.90. The summed E-state index contributed by atoms with van der Waals surface area (Å²) in [6, 6.07) is 8.87. The Balaban J connectivity index is 2.57. The summed E-state index contributed by atoms with van der Waals surface area (Å²) >= 11 is 0. The van der Waals surface area contributed by atoms with Crippen molar-refractivity contribution < 1.29 is 14.3 Å². The number of terminal acetylenes is 1. The Hall–Kier alpha value is -2.80. The van der Waals surface area contributed by atoms with Gasteiger partial charge in [-0.3, -0.25) is 0 Å². The number of aryl methyl sites for hydroxylation is 1. The van der Waals surface area contributed by atoms with Gasteiger partial charge >= 0.3 is 5.97 Å². The van der Waals surface area contributed by atoms with Gasteiger partial charge in [0.05, 0.1) is 19.4 Å². The van der Waals surface area contributed by atoms with Gasteiger partial charge in [-0.15, -0.1) is 6.42 Å². The zero-order valence-corrected chi connectivity index (χ0v) is 12.8. The number of hydrogen-bond donors (Lipinski definition) is 0. The normalized spacial score (nSPS) is 9.91. The molecule has 1 aromatic carbocycles. The van der Waals surface area contributed by atoms with Crippen molar-refractivity contribution in [3.63, 3.8) is 0 Å². The van der Waals surface area contributed by atoms with E-state index in [9.17, 15) is 4.79 Å². The number of benzene rings is 1. The zero-order valence-electron chi connectivity index (χ0n) is 12.8. The van der Waals surface area contributed by atoms with Crippen molar-refractivity contribution in [2.75, 3.05) is 13.7 Å². The molecule has 0 saturated heterocycles. The smallest absolute Gasteiger partial charge is 0.356 e. The molecule has 0 aliphatic rings. The van der Waals surface area contributed by atoms with Crippen LogP contribution in [0.3, 0.4) is 0 Å². The van der Waals surface area contributed by atoms with E-state index < -0.39 is 5.97 Å².